The molecule has 1 heterocycles. The summed E-state index contributed by atoms with van der Waals surface area (Å²) in [7, 11) is -5.12. The number of amides is 1. The number of aliphatic hydroxyl groups is 5. The summed E-state index contributed by atoms with van der Waals surface area (Å²) in [6.45, 7) is 3.25. The van der Waals surface area contributed by atoms with E-state index in [9.17, 15) is 43.3 Å². The highest BCUT2D eigenvalue weighted by Gasteiger charge is 2.48. The molecule has 0 aromatic carbocycles. The summed E-state index contributed by atoms with van der Waals surface area (Å²) in [5, 5.41) is 55.5. The molecule has 396 valence electrons. The molecule has 1 fully saturated rings. The van der Waals surface area contributed by atoms with Gasteiger partial charge in [-0.3, -0.25) is 9.35 Å². The number of nitrogens with one attached hydrogen (secondary N) is 1. The van der Waals surface area contributed by atoms with E-state index in [4.69, 9.17) is 9.47 Å². The van der Waals surface area contributed by atoms with Crippen LogP contribution in [-0.2, 0) is 28.9 Å². The molecule has 7 N–H and O–H groups in total. The SMILES string of the molecule is CCCCCCCCCCC/C=C\CCCCCCCCC(O)C(=O)NC(COC1OC(CO)C(O)C(OS(=O)(=O)O)C1O)C(O)/C=C/CCCCCCCCCCCCCCCCCCC. The molecule has 1 aliphatic rings. The molecule has 13 nitrogen and oxygen atoms in total. The summed E-state index contributed by atoms with van der Waals surface area (Å²) < 4.78 is 47.7. The average Bonchev–Trinajstić information content (AvgIpc) is 3.30. The van der Waals surface area contributed by atoms with Gasteiger partial charge in [0.25, 0.3) is 0 Å². The predicted octanol–water partition coefficient (Wildman–Crippen LogP) is 11.0. The second kappa shape index (κ2) is 43.3. The molecule has 8 atom stereocenters. The maximum atomic E-state index is 13.2. The van der Waals surface area contributed by atoms with Crippen molar-refractivity contribution in [2.45, 2.75) is 294 Å². The normalized spacial score (nSPS) is 20.5. The third kappa shape index (κ3) is 35.3. The maximum absolute atomic E-state index is 13.2. The average molecular weight is 976 g/mol. The lowest BCUT2D eigenvalue weighted by Gasteiger charge is -2.41. The van der Waals surface area contributed by atoms with Crippen molar-refractivity contribution in [1.82, 2.24) is 5.32 Å². The number of rotatable bonds is 47. The number of hydrogen-bond donors (Lipinski definition) is 7. The van der Waals surface area contributed by atoms with Crippen LogP contribution in [0.4, 0.5) is 0 Å². The highest BCUT2D eigenvalue weighted by molar-refractivity contribution is 7.80. The van der Waals surface area contributed by atoms with Gasteiger partial charge in [0.1, 0.15) is 30.5 Å². The lowest BCUT2D eigenvalue weighted by Crippen LogP contribution is -2.61. The molecule has 14 heteroatoms. The van der Waals surface area contributed by atoms with Crippen LogP contribution in [-0.4, -0.2) is 107 Å². The van der Waals surface area contributed by atoms with Gasteiger partial charge in [-0.1, -0.05) is 224 Å². The first-order chi connectivity index (χ1) is 32.4. The number of hydrogen-bond acceptors (Lipinski definition) is 11. The third-order valence-electron chi connectivity index (χ3n) is 13.1. The Bertz CT molecular complexity index is 1300. The number of carbonyl (C=O) groups is 1. The first-order valence-corrected chi connectivity index (χ1v) is 28.7. The Labute approximate surface area is 408 Å². The molecule has 0 radical (unpaired) electrons. The van der Waals surface area contributed by atoms with Gasteiger partial charge in [-0.15, -0.1) is 0 Å². The monoisotopic (exact) mass is 976 g/mol. The van der Waals surface area contributed by atoms with Crippen LogP contribution in [0.25, 0.3) is 0 Å². The Morgan fingerprint density at radius 2 is 0.985 bits per heavy atom. The molecule has 0 spiro atoms. The fraction of sp³-hybridized carbons (Fsp3) is 0.906. The quantitative estimate of drug-likeness (QED) is 0.0172. The Hall–Kier alpha value is -1.46. The van der Waals surface area contributed by atoms with E-state index in [1.165, 1.54) is 154 Å². The molecular formula is C53H101NO12S. The molecule has 1 amide bonds. The standard InChI is InChI=1S/C53H101NO12S/c1-3-5-7-9-11-13-15-17-19-21-23-25-27-29-31-33-35-37-39-41-46(56)45(44-64-53-50(59)51(66-67(61,62)63)49(58)48(43-55)65-53)54-52(60)47(57)42-40-38-36-34-32-30-28-26-24-22-20-18-16-14-12-10-8-6-4-2/h24,26,39,41,45-51,53,55-59H,3-23,25,27-38,40,42-44H2,1-2H3,(H,54,60)(H,61,62,63)/b26-24-,41-39+. The highest BCUT2D eigenvalue weighted by Crippen LogP contribution is 2.26. The van der Waals surface area contributed by atoms with Gasteiger partial charge < -0.3 is 40.3 Å². The summed E-state index contributed by atoms with van der Waals surface area (Å²) in [4.78, 5) is 13.2. The van der Waals surface area contributed by atoms with Gasteiger partial charge >= 0.3 is 10.4 Å². The van der Waals surface area contributed by atoms with Crippen LogP contribution in [0.3, 0.4) is 0 Å². The minimum Gasteiger partial charge on any atom is -0.394 e. The van der Waals surface area contributed by atoms with Crippen LogP contribution in [0, 0.1) is 0 Å². The van der Waals surface area contributed by atoms with Crippen LogP contribution >= 0.6 is 0 Å². The zero-order valence-electron chi connectivity index (χ0n) is 42.3. The van der Waals surface area contributed by atoms with E-state index in [1.54, 1.807) is 6.08 Å². The number of allylic oxidation sites excluding steroid dienone is 3. The van der Waals surface area contributed by atoms with Crippen LogP contribution in [0.5, 0.6) is 0 Å². The molecule has 0 aromatic rings. The lowest BCUT2D eigenvalue weighted by atomic mass is 9.99. The van der Waals surface area contributed by atoms with E-state index in [0.717, 1.165) is 57.8 Å². The Kier molecular flexibility index (Phi) is 41.1. The summed E-state index contributed by atoms with van der Waals surface area (Å²) in [5.41, 5.74) is 0. The number of ether oxygens (including phenoxy) is 2. The van der Waals surface area contributed by atoms with Crippen molar-refractivity contribution >= 4 is 16.3 Å². The molecular weight excluding hydrogens is 875 g/mol. The van der Waals surface area contributed by atoms with Crippen molar-refractivity contribution in [3.63, 3.8) is 0 Å². The van der Waals surface area contributed by atoms with Gasteiger partial charge in [-0.2, -0.15) is 8.42 Å². The predicted molar refractivity (Wildman–Crippen MR) is 270 cm³/mol. The molecule has 1 aliphatic heterocycles. The number of carbonyl (C=O) groups excluding carboxylic acids is 1. The summed E-state index contributed by atoms with van der Waals surface area (Å²) >= 11 is 0. The van der Waals surface area contributed by atoms with E-state index in [2.05, 4.69) is 35.5 Å². The summed E-state index contributed by atoms with van der Waals surface area (Å²) in [5.74, 6) is -0.704. The van der Waals surface area contributed by atoms with Gasteiger partial charge in [0, 0.05) is 0 Å². The fourth-order valence-corrected chi connectivity index (χ4v) is 9.26. The molecule has 0 saturated carbocycles. The first kappa shape index (κ1) is 63.6. The minimum absolute atomic E-state index is 0.238. The summed E-state index contributed by atoms with van der Waals surface area (Å²) in [6, 6.07) is -1.12. The van der Waals surface area contributed by atoms with Crippen molar-refractivity contribution in [2.24, 2.45) is 0 Å². The third-order valence-corrected chi connectivity index (χ3v) is 13.5. The molecule has 0 aromatic heterocycles. The van der Waals surface area contributed by atoms with Crippen LogP contribution < -0.4 is 5.32 Å². The Balaban J connectivity index is 2.49. The molecule has 1 saturated heterocycles. The lowest BCUT2D eigenvalue weighted by molar-refractivity contribution is -0.298. The van der Waals surface area contributed by atoms with E-state index in [0.29, 0.717) is 12.8 Å². The van der Waals surface area contributed by atoms with Crippen molar-refractivity contribution in [1.29, 1.82) is 0 Å². The van der Waals surface area contributed by atoms with Crippen LogP contribution in [0.15, 0.2) is 24.3 Å². The summed E-state index contributed by atoms with van der Waals surface area (Å²) in [6.07, 6.45) is 39.6. The number of aliphatic hydroxyl groups excluding tert-OH is 5. The van der Waals surface area contributed by atoms with Gasteiger partial charge in [0.05, 0.1) is 25.4 Å². The van der Waals surface area contributed by atoms with Crippen molar-refractivity contribution in [3.05, 3.63) is 24.3 Å². The molecule has 1 rings (SSSR count). The van der Waals surface area contributed by atoms with Gasteiger partial charge in [-0.25, -0.2) is 4.18 Å². The smallest absolute Gasteiger partial charge is 0.394 e. The Morgan fingerprint density at radius 1 is 0.597 bits per heavy atom. The maximum Gasteiger partial charge on any atom is 0.397 e. The van der Waals surface area contributed by atoms with Crippen LogP contribution in [0.2, 0.25) is 0 Å². The van der Waals surface area contributed by atoms with Gasteiger partial charge in [0.15, 0.2) is 6.29 Å². The van der Waals surface area contributed by atoms with E-state index >= 15 is 0 Å². The van der Waals surface area contributed by atoms with Gasteiger partial charge in [-0.05, 0) is 44.9 Å². The molecule has 0 aliphatic carbocycles. The second-order valence-corrected chi connectivity index (χ2v) is 20.4. The van der Waals surface area contributed by atoms with Crippen molar-refractivity contribution in [3.8, 4) is 0 Å². The zero-order valence-corrected chi connectivity index (χ0v) is 43.2. The Morgan fingerprint density at radius 3 is 1.39 bits per heavy atom. The zero-order chi connectivity index (χ0) is 49.2. The van der Waals surface area contributed by atoms with Gasteiger partial charge in [0.2, 0.25) is 5.91 Å². The van der Waals surface area contributed by atoms with E-state index in [1.807, 2.05) is 6.08 Å². The largest absolute Gasteiger partial charge is 0.397 e. The van der Waals surface area contributed by atoms with E-state index in [-0.39, 0.29) is 6.42 Å². The first-order valence-electron chi connectivity index (χ1n) is 27.3. The van der Waals surface area contributed by atoms with Crippen molar-refractivity contribution in [2.75, 3.05) is 13.2 Å². The van der Waals surface area contributed by atoms with E-state index < -0.39 is 78.5 Å². The van der Waals surface area contributed by atoms with Crippen LogP contribution in [0.1, 0.15) is 245 Å². The number of unbranched alkanes of at least 4 members (excludes halogenated alkanes) is 32. The molecule has 67 heavy (non-hydrogen) atoms. The molecule has 0 bridgehead atoms. The topological polar surface area (TPSA) is 212 Å². The fourth-order valence-electron chi connectivity index (χ4n) is 8.75. The highest BCUT2D eigenvalue weighted by atomic mass is 32.3. The molecule has 8 unspecified atom stereocenters. The second-order valence-electron chi connectivity index (χ2n) is 19.3. The van der Waals surface area contributed by atoms with Crippen molar-refractivity contribution < 1.29 is 57.0 Å². The minimum atomic E-state index is -5.12.